The maximum Gasteiger partial charge on any atom is 0.169 e. The molecule has 3 rings (SSSR count). The van der Waals surface area contributed by atoms with E-state index in [1.165, 1.54) is 16.8 Å². The van der Waals surface area contributed by atoms with Crippen molar-refractivity contribution < 1.29 is 9.31 Å². The van der Waals surface area contributed by atoms with E-state index in [9.17, 15) is 0 Å². The van der Waals surface area contributed by atoms with Crippen LogP contribution in [0, 0.1) is 0 Å². The summed E-state index contributed by atoms with van der Waals surface area (Å²) in [4.78, 5) is 0. The van der Waals surface area contributed by atoms with Crippen LogP contribution in [0.3, 0.4) is 0 Å². The van der Waals surface area contributed by atoms with Gasteiger partial charge in [0.05, 0.1) is 13.0 Å². The van der Waals surface area contributed by atoms with Gasteiger partial charge >= 0.3 is 0 Å². The van der Waals surface area contributed by atoms with Gasteiger partial charge in [-0.1, -0.05) is 60.7 Å². The normalized spacial score (nSPS) is 18.2. The molecular formula is C19H22NO+. The highest BCUT2D eigenvalue weighted by Crippen LogP contribution is 2.15. The monoisotopic (exact) mass is 280 g/mol. The Morgan fingerprint density at radius 1 is 0.952 bits per heavy atom. The highest BCUT2D eigenvalue weighted by molar-refractivity contribution is 5.78. The molecule has 0 amide bonds. The standard InChI is InChI=1S/C19H22NO/c1-16-12-19(21-15-18-10-6-3-7-11-18)14-20(16)13-17-8-4-2-5-9-17/h2-11,19H,12-15H2,1H3/q+1. The molecule has 0 radical (unpaired) electrons. The van der Waals surface area contributed by atoms with Gasteiger partial charge in [0.1, 0.15) is 6.10 Å². The number of nitrogens with zero attached hydrogens (tertiary/aromatic N) is 1. The highest BCUT2D eigenvalue weighted by Gasteiger charge is 2.29. The summed E-state index contributed by atoms with van der Waals surface area (Å²) in [5.74, 6) is 0. The fourth-order valence-corrected chi connectivity index (χ4v) is 2.83. The lowest BCUT2D eigenvalue weighted by atomic mass is 10.2. The first-order chi connectivity index (χ1) is 10.3. The lowest BCUT2D eigenvalue weighted by molar-refractivity contribution is -0.543. The van der Waals surface area contributed by atoms with E-state index < -0.39 is 0 Å². The van der Waals surface area contributed by atoms with Crippen LogP contribution in [0.4, 0.5) is 0 Å². The Kier molecular flexibility index (Phi) is 4.46. The minimum absolute atomic E-state index is 0.314. The van der Waals surface area contributed by atoms with E-state index in [2.05, 4.69) is 66.1 Å². The lowest BCUT2D eigenvalue weighted by Gasteiger charge is -2.09. The van der Waals surface area contributed by atoms with E-state index in [1.807, 2.05) is 6.07 Å². The maximum atomic E-state index is 6.06. The van der Waals surface area contributed by atoms with Gasteiger partial charge in [0.25, 0.3) is 0 Å². The van der Waals surface area contributed by atoms with Gasteiger partial charge in [-0.3, -0.25) is 0 Å². The summed E-state index contributed by atoms with van der Waals surface area (Å²) in [7, 11) is 0. The van der Waals surface area contributed by atoms with Crippen molar-refractivity contribution in [1.29, 1.82) is 0 Å². The van der Waals surface area contributed by atoms with Crippen molar-refractivity contribution in [2.75, 3.05) is 6.54 Å². The molecule has 2 heteroatoms. The van der Waals surface area contributed by atoms with Gasteiger partial charge in [0.2, 0.25) is 0 Å². The lowest BCUT2D eigenvalue weighted by Crippen LogP contribution is -2.19. The molecule has 0 saturated heterocycles. The van der Waals surface area contributed by atoms with E-state index in [0.717, 1.165) is 19.5 Å². The van der Waals surface area contributed by atoms with E-state index in [0.29, 0.717) is 12.7 Å². The molecule has 21 heavy (non-hydrogen) atoms. The number of hydrogen-bond donors (Lipinski definition) is 0. The SMILES string of the molecule is CC1=[N+](Cc2ccccc2)CC(OCc2ccccc2)C1. The van der Waals surface area contributed by atoms with Crippen molar-refractivity contribution in [2.24, 2.45) is 0 Å². The van der Waals surface area contributed by atoms with E-state index in [-0.39, 0.29) is 0 Å². The minimum Gasteiger partial charge on any atom is -0.366 e. The maximum absolute atomic E-state index is 6.06. The van der Waals surface area contributed by atoms with Gasteiger partial charge in [0.15, 0.2) is 18.8 Å². The zero-order valence-corrected chi connectivity index (χ0v) is 12.5. The molecule has 0 fully saturated rings. The summed E-state index contributed by atoms with van der Waals surface area (Å²) < 4.78 is 8.50. The van der Waals surface area contributed by atoms with Gasteiger partial charge < -0.3 is 4.74 Å². The van der Waals surface area contributed by atoms with Crippen LogP contribution in [0.5, 0.6) is 0 Å². The average molecular weight is 280 g/mol. The molecule has 0 bridgehead atoms. The van der Waals surface area contributed by atoms with Gasteiger partial charge in [-0.05, 0) is 5.56 Å². The number of hydrogen-bond acceptors (Lipinski definition) is 1. The molecule has 0 aromatic heterocycles. The Bertz CT molecular complexity index is 604. The summed E-state index contributed by atoms with van der Waals surface area (Å²) in [6.07, 6.45) is 1.36. The summed E-state index contributed by atoms with van der Waals surface area (Å²) in [6, 6.07) is 21.0. The van der Waals surface area contributed by atoms with Crippen LogP contribution in [0.1, 0.15) is 24.5 Å². The van der Waals surface area contributed by atoms with Gasteiger partial charge in [0, 0.05) is 12.5 Å². The van der Waals surface area contributed by atoms with Crippen molar-refractivity contribution in [3.8, 4) is 0 Å². The molecule has 1 heterocycles. The van der Waals surface area contributed by atoms with Crippen molar-refractivity contribution in [1.82, 2.24) is 0 Å². The second-order valence-electron chi connectivity index (χ2n) is 5.72. The Labute approximate surface area is 126 Å². The molecule has 1 atom stereocenters. The van der Waals surface area contributed by atoms with Gasteiger partial charge in [-0.15, -0.1) is 0 Å². The smallest absolute Gasteiger partial charge is 0.169 e. The Balaban J connectivity index is 1.54. The summed E-state index contributed by atoms with van der Waals surface area (Å²) >= 11 is 0. The zero-order valence-electron chi connectivity index (χ0n) is 12.5. The van der Waals surface area contributed by atoms with E-state index in [1.54, 1.807) is 0 Å². The summed E-state index contributed by atoms with van der Waals surface area (Å²) in [6.45, 7) is 4.90. The first-order valence-electron chi connectivity index (χ1n) is 7.58. The van der Waals surface area contributed by atoms with Crippen molar-refractivity contribution in [3.63, 3.8) is 0 Å². The fraction of sp³-hybridized carbons (Fsp3) is 0.316. The molecule has 0 spiro atoms. The van der Waals surface area contributed by atoms with Gasteiger partial charge in [-0.2, -0.15) is 0 Å². The van der Waals surface area contributed by atoms with E-state index in [4.69, 9.17) is 4.74 Å². The molecule has 1 aliphatic rings. The quantitative estimate of drug-likeness (QED) is 0.762. The number of ether oxygens (including phenoxy) is 1. The molecule has 1 unspecified atom stereocenters. The Hall–Kier alpha value is -1.93. The molecule has 108 valence electrons. The predicted molar refractivity (Wildman–Crippen MR) is 85.6 cm³/mol. The zero-order chi connectivity index (χ0) is 14.5. The van der Waals surface area contributed by atoms with Crippen LogP contribution in [0.25, 0.3) is 0 Å². The number of rotatable bonds is 5. The van der Waals surface area contributed by atoms with Crippen LogP contribution in [-0.2, 0) is 17.9 Å². The largest absolute Gasteiger partial charge is 0.366 e. The van der Waals surface area contributed by atoms with Crippen molar-refractivity contribution in [3.05, 3.63) is 71.8 Å². The molecule has 2 nitrogen and oxygen atoms in total. The van der Waals surface area contributed by atoms with Crippen LogP contribution >= 0.6 is 0 Å². The van der Waals surface area contributed by atoms with Crippen molar-refractivity contribution in [2.45, 2.75) is 32.6 Å². The third kappa shape index (κ3) is 3.79. The minimum atomic E-state index is 0.314. The van der Waals surface area contributed by atoms with Crippen LogP contribution in [0.15, 0.2) is 60.7 Å². The Morgan fingerprint density at radius 3 is 2.24 bits per heavy atom. The predicted octanol–water partition coefficient (Wildman–Crippen LogP) is 3.65. The average Bonchev–Trinajstić information content (AvgIpc) is 2.87. The summed E-state index contributed by atoms with van der Waals surface area (Å²) in [5, 5.41) is 0. The molecule has 2 aromatic carbocycles. The van der Waals surface area contributed by atoms with E-state index >= 15 is 0 Å². The molecule has 0 N–H and O–H groups in total. The Morgan fingerprint density at radius 2 is 1.57 bits per heavy atom. The summed E-state index contributed by atoms with van der Waals surface area (Å²) in [5.41, 5.74) is 4.04. The first-order valence-corrected chi connectivity index (χ1v) is 7.58. The highest BCUT2D eigenvalue weighted by atomic mass is 16.5. The first kappa shape index (κ1) is 14.0. The topological polar surface area (TPSA) is 12.2 Å². The second-order valence-corrected chi connectivity index (χ2v) is 5.72. The molecule has 0 aliphatic carbocycles. The van der Waals surface area contributed by atoms with Crippen molar-refractivity contribution >= 4 is 5.71 Å². The van der Waals surface area contributed by atoms with Gasteiger partial charge in [-0.25, -0.2) is 4.58 Å². The number of benzene rings is 2. The third-order valence-electron chi connectivity index (χ3n) is 4.03. The third-order valence-corrected chi connectivity index (χ3v) is 4.03. The van der Waals surface area contributed by atoms with Crippen LogP contribution in [-0.4, -0.2) is 22.9 Å². The molecule has 0 saturated carbocycles. The van der Waals surface area contributed by atoms with Crippen LogP contribution in [0.2, 0.25) is 0 Å². The molecule has 2 aromatic rings. The molecule has 1 aliphatic heterocycles. The van der Waals surface area contributed by atoms with Crippen LogP contribution < -0.4 is 0 Å². The second kappa shape index (κ2) is 6.68. The fourth-order valence-electron chi connectivity index (χ4n) is 2.83. The molecular weight excluding hydrogens is 258 g/mol.